The molecule has 0 saturated carbocycles. The van der Waals surface area contributed by atoms with E-state index in [0.717, 1.165) is 81.0 Å². The fourth-order valence-electron chi connectivity index (χ4n) is 9.24. The van der Waals surface area contributed by atoms with Crippen molar-refractivity contribution < 1.29 is 32.9 Å². The molecule has 358 valence electrons. The molecule has 0 amide bonds. The first-order valence-electron chi connectivity index (χ1n) is 24.3. The van der Waals surface area contributed by atoms with Gasteiger partial charge in [0.05, 0.1) is 24.6 Å². The Bertz CT molecular complexity index is 2890. The molecule has 10 rings (SSSR count). The lowest BCUT2D eigenvalue weighted by Crippen LogP contribution is -2.36. The number of carboxylic acids is 1. The maximum absolute atomic E-state index is 12.1. The van der Waals surface area contributed by atoms with Gasteiger partial charge in [0.25, 0.3) is 0 Å². The maximum atomic E-state index is 12.1. The number of hydrogen-bond donors (Lipinski definition) is 2. The summed E-state index contributed by atoms with van der Waals surface area (Å²) < 4.78 is 29.5. The lowest BCUT2D eigenvalue weighted by molar-refractivity contribution is -0.142. The lowest BCUT2D eigenvalue weighted by Gasteiger charge is -2.28. The molecule has 4 atom stereocenters. The van der Waals surface area contributed by atoms with Crippen LogP contribution in [0.1, 0.15) is 84.3 Å². The van der Waals surface area contributed by atoms with Crippen molar-refractivity contribution in [2.24, 2.45) is 0 Å². The summed E-state index contributed by atoms with van der Waals surface area (Å²) in [7, 11) is 0. The number of rotatable bonds is 17. The quantitative estimate of drug-likeness (QED) is 0.0904. The van der Waals surface area contributed by atoms with Crippen molar-refractivity contribution in [1.82, 2.24) is 20.2 Å². The first-order chi connectivity index (χ1) is 34.2. The van der Waals surface area contributed by atoms with E-state index in [1.807, 2.05) is 153 Å². The molecule has 11 nitrogen and oxygen atoms in total. The summed E-state index contributed by atoms with van der Waals surface area (Å²) in [5.74, 6) is 5.34. The number of ether oxygens (including phenoxy) is 3. The fourth-order valence-corrected chi connectivity index (χ4v) is 9.24. The van der Waals surface area contributed by atoms with Crippen LogP contribution in [-0.2, 0) is 24.2 Å². The number of aliphatic carboxylic acids is 1. The van der Waals surface area contributed by atoms with Crippen LogP contribution < -0.4 is 19.5 Å². The Morgan fingerprint density at radius 2 is 1.09 bits per heavy atom. The average molecular weight is 937 g/mol. The molecule has 0 aliphatic carbocycles. The highest BCUT2D eigenvalue weighted by molar-refractivity contribution is 5.74. The summed E-state index contributed by atoms with van der Waals surface area (Å²) >= 11 is 0. The molecule has 2 aromatic heterocycles. The number of aryl methyl sites for hydroxylation is 2. The predicted octanol–water partition coefficient (Wildman–Crippen LogP) is 12.9. The molecule has 1 unspecified atom stereocenters. The van der Waals surface area contributed by atoms with Gasteiger partial charge in [0.15, 0.2) is 0 Å². The number of nitrogens with zero attached hydrogens (tertiary/aromatic N) is 3. The Morgan fingerprint density at radius 3 is 1.59 bits per heavy atom. The van der Waals surface area contributed by atoms with Gasteiger partial charge in [0, 0.05) is 48.6 Å². The number of likely N-dealkylation sites (tertiary alicyclic amines) is 1. The molecule has 2 saturated heterocycles. The van der Waals surface area contributed by atoms with E-state index in [1.54, 1.807) is 0 Å². The Morgan fingerprint density at radius 1 is 0.600 bits per heavy atom. The van der Waals surface area contributed by atoms with E-state index in [-0.39, 0.29) is 6.04 Å². The third kappa shape index (κ3) is 12.2. The number of oxazole rings is 2. The van der Waals surface area contributed by atoms with Gasteiger partial charge >= 0.3 is 5.97 Å². The molecule has 11 heteroatoms. The van der Waals surface area contributed by atoms with Crippen LogP contribution >= 0.6 is 0 Å². The third-order valence-corrected chi connectivity index (χ3v) is 13.0. The Labute approximate surface area is 410 Å². The van der Waals surface area contributed by atoms with Gasteiger partial charge in [-0.2, -0.15) is 0 Å². The summed E-state index contributed by atoms with van der Waals surface area (Å²) in [4.78, 5) is 23.5. The van der Waals surface area contributed by atoms with E-state index >= 15 is 0 Å². The molecule has 2 aliphatic rings. The van der Waals surface area contributed by atoms with Crippen molar-refractivity contribution in [1.29, 1.82) is 0 Å². The van der Waals surface area contributed by atoms with Crippen LogP contribution in [0, 0.1) is 13.8 Å². The summed E-state index contributed by atoms with van der Waals surface area (Å²) in [6.07, 6.45) is 5.19. The van der Waals surface area contributed by atoms with Crippen molar-refractivity contribution in [3.63, 3.8) is 0 Å². The molecule has 2 N–H and O–H groups in total. The number of nitrogens with one attached hydrogen (secondary N) is 1. The van der Waals surface area contributed by atoms with Gasteiger partial charge in [-0.3, -0.25) is 9.69 Å². The van der Waals surface area contributed by atoms with Crippen LogP contribution in [-0.4, -0.2) is 51.2 Å². The third-order valence-electron chi connectivity index (χ3n) is 13.0. The fraction of sp³-hybridized carbons (Fsp3) is 0.271. The summed E-state index contributed by atoms with van der Waals surface area (Å²) in [5, 5.41) is 13.6. The normalized spacial score (nSPS) is 17.7. The zero-order valence-corrected chi connectivity index (χ0v) is 40.0. The smallest absolute Gasteiger partial charge is 0.320 e. The van der Waals surface area contributed by atoms with E-state index in [2.05, 4.69) is 51.4 Å². The molecule has 4 heterocycles. The van der Waals surface area contributed by atoms with Gasteiger partial charge in [-0.25, -0.2) is 9.97 Å². The number of aromatic nitrogens is 2. The van der Waals surface area contributed by atoms with Crippen molar-refractivity contribution in [2.75, 3.05) is 13.2 Å². The summed E-state index contributed by atoms with van der Waals surface area (Å²) in [6, 6.07) is 54.4. The standard InChI is InChI=1S/C36H34N2O5.C23H26N2O2/c1-25-32(37-35(42-25)28-8-4-2-5-9-28)22-23-41-29-18-14-27(15-19-29)33-20-21-34(36(39)40)38(33)24-26-12-16-31(17-13-26)43-30-10-6-3-7-11-30;1-16-8-13-22(24-16)18-9-11-20(12-10-18)26-15-14-21-17(2)27-23(25-21)19-6-4-3-5-7-19/h2-19,33-34H,20-24H2,1H3,(H,39,40);3-7,9-12,16,22,24H,8,13-15H2,1-2H3/t33-,34+;16?,22-/m11/s1. The maximum Gasteiger partial charge on any atom is 0.320 e. The Balaban J connectivity index is 0.000000193. The number of benzene rings is 6. The number of carbonyl (C=O) groups is 1. The average Bonchev–Trinajstić information content (AvgIpc) is 4.20. The highest BCUT2D eigenvalue weighted by Gasteiger charge is 2.38. The molecule has 0 spiro atoms. The minimum atomic E-state index is -0.787. The van der Waals surface area contributed by atoms with Gasteiger partial charge in [-0.1, -0.05) is 91.0 Å². The van der Waals surface area contributed by atoms with Crippen LogP contribution in [0.25, 0.3) is 22.9 Å². The topological polar surface area (TPSA) is 132 Å². The molecule has 2 aliphatic heterocycles. The second kappa shape index (κ2) is 22.8. The number of hydrogen-bond acceptors (Lipinski definition) is 10. The molecular weight excluding hydrogens is 877 g/mol. The second-order valence-electron chi connectivity index (χ2n) is 18.0. The second-order valence-corrected chi connectivity index (χ2v) is 18.0. The van der Waals surface area contributed by atoms with Crippen molar-refractivity contribution in [3.05, 3.63) is 203 Å². The van der Waals surface area contributed by atoms with Crippen LogP contribution in [0.15, 0.2) is 173 Å². The molecule has 8 aromatic rings. The molecule has 0 bridgehead atoms. The van der Waals surface area contributed by atoms with Gasteiger partial charge in [-0.15, -0.1) is 0 Å². The number of carboxylic acid groups (broad SMARTS) is 1. The van der Waals surface area contributed by atoms with E-state index in [1.165, 1.54) is 18.4 Å². The van der Waals surface area contributed by atoms with E-state index in [4.69, 9.17) is 23.0 Å². The monoisotopic (exact) mass is 936 g/mol. The van der Waals surface area contributed by atoms with E-state index in [9.17, 15) is 9.90 Å². The predicted molar refractivity (Wildman–Crippen MR) is 271 cm³/mol. The van der Waals surface area contributed by atoms with Crippen LogP contribution in [0.4, 0.5) is 0 Å². The molecule has 70 heavy (non-hydrogen) atoms. The van der Waals surface area contributed by atoms with Gasteiger partial charge in [-0.05, 0) is 136 Å². The van der Waals surface area contributed by atoms with E-state index < -0.39 is 12.0 Å². The first kappa shape index (κ1) is 47.6. The van der Waals surface area contributed by atoms with Gasteiger partial charge in [0.2, 0.25) is 11.8 Å². The van der Waals surface area contributed by atoms with E-state index in [0.29, 0.717) is 56.5 Å². The van der Waals surface area contributed by atoms with Gasteiger partial charge < -0.3 is 33.5 Å². The first-order valence-corrected chi connectivity index (χ1v) is 24.3. The zero-order chi connectivity index (χ0) is 48.2. The molecular formula is C59H60N4O7. The van der Waals surface area contributed by atoms with Crippen molar-refractivity contribution >= 4 is 5.97 Å². The molecule has 0 radical (unpaired) electrons. The SMILES string of the molecule is Cc1oc(-c2ccccc2)nc1CCOc1ccc([C@H]2CCC(C)N2)cc1.Cc1oc(-c2ccccc2)nc1CCOc1ccc([C@H]2CC[C@@H](C(=O)O)N2Cc2ccc(Oc3ccccc3)cc2)cc1. The minimum Gasteiger partial charge on any atom is -0.493 e. The van der Waals surface area contributed by atoms with Crippen LogP contribution in [0.3, 0.4) is 0 Å². The minimum absolute atomic E-state index is 0.00424. The highest BCUT2D eigenvalue weighted by atomic mass is 16.5. The Hall–Kier alpha value is -7.47. The molecule has 2 fully saturated rings. The van der Waals surface area contributed by atoms with Crippen molar-refractivity contribution in [2.45, 2.75) is 90.0 Å². The zero-order valence-electron chi connectivity index (χ0n) is 40.0. The largest absolute Gasteiger partial charge is 0.493 e. The van der Waals surface area contributed by atoms with Gasteiger partial charge in [0.1, 0.15) is 40.6 Å². The lowest BCUT2D eigenvalue weighted by atomic mass is 10.0. The Kier molecular flexibility index (Phi) is 15.5. The highest BCUT2D eigenvalue weighted by Crippen LogP contribution is 2.39. The van der Waals surface area contributed by atoms with Crippen LogP contribution in [0.5, 0.6) is 23.0 Å². The van der Waals surface area contributed by atoms with Crippen molar-refractivity contribution in [3.8, 4) is 45.9 Å². The molecule has 6 aromatic carbocycles. The number of para-hydroxylation sites is 1. The van der Waals surface area contributed by atoms with Crippen LogP contribution in [0.2, 0.25) is 0 Å². The summed E-state index contributed by atoms with van der Waals surface area (Å²) in [6.45, 7) is 7.72. The summed E-state index contributed by atoms with van der Waals surface area (Å²) in [5.41, 5.74) is 7.25.